The van der Waals surface area contributed by atoms with Gasteiger partial charge in [0.1, 0.15) is 5.82 Å². The molecule has 0 saturated carbocycles. The van der Waals surface area contributed by atoms with Crippen molar-refractivity contribution < 1.29 is 18.7 Å². The van der Waals surface area contributed by atoms with Crippen LogP contribution in [0.1, 0.15) is 55.8 Å². The molecule has 0 aliphatic rings. The number of benzene rings is 2. The lowest BCUT2D eigenvalue weighted by molar-refractivity contribution is 0.0475. The number of aromatic nitrogens is 2. The number of para-hydroxylation sites is 1. The van der Waals surface area contributed by atoms with Crippen LogP contribution in [0.3, 0.4) is 0 Å². The summed E-state index contributed by atoms with van der Waals surface area (Å²) < 4.78 is 20.7. The van der Waals surface area contributed by atoms with Crippen LogP contribution in [0.5, 0.6) is 0 Å². The molecule has 0 amide bonds. The molecule has 2 aromatic carbocycles. The molecule has 0 aliphatic carbocycles. The minimum atomic E-state index is -0.519. The third-order valence-electron chi connectivity index (χ3n) is 6.52. The van der Waals surface area contributed by atoms with Gasteiger partial charge < -0.3 is 9.30 Å². The Morgan fingerprint density at radius 3 is 2.46 bits per heavy atom. The van der Waals surface area contributed by atoms with Crippen LogP contribution in [-0.2, 0) is 24.1 Å². The monoisotopic (exact) mass is 472 g/mol. The maximum absolute atomic E-state index is 13.2. The van der Waals surface area contributed by atoms with Crippen molar-refractivity contribution in [3.05, 3.63) is 99.8 Å². The van der Waals surface area contributed by atoms with E-state index >= 15 is 0 Å². The molecule has 6 heteroatoms. The molecule has 180 valence electrons. The molecule has 0 radical (unpaired) electrons. The predicted octanol–water partition coefficient (Wildman–Crippen LogP) is 5.95. The van der Waals surface area contributed by atoms with E-state index in [-0.39, 0.29) is 18.2 Å². The zero-order chi connectivity index (χ0) is 25.1. The van der Waals surface area contributed by atoms with E-state index in [0.717, 1.165) is 39.1 Å². The fourth-order valence-corrected chi connectivity index (χ4v) is 4.57. The van der Waals surface area contributed by atoms with E-state index in [9.17, 15) is 14.0 Å². The standard InChI is InChI=1S/C29H29FN2O3/c1-5-25-19(3)28(23-8-6-7-9-26(23)31-25)29(34)35-17-27(33)24-16-18(2)32(20(24)4)15-14-21-10-12-22(30)13-11-21/h6-13,16H,5,14-15,17H2,1-4H3. The first kappa shape index (κ1) is 24.3. The van der Waals surface area contributed by atoms with Gasteiger partial charge in [0.2, 0.25) is 5.78 Å². The highest BCUT2D eigenvalue weighted by Gasteiger charge is 2.21. The first-order valence-corrected chi connectivity index (χ1v) is 11.8. The molecule has 5 nitrogen and oxygen atoms in total. The molecule has 0 spiro atoms. The summed E-state index contributed by atoms with van der Waals surface area (Å²) in [6.07, 6.45) is 1.41. The number of carbonyl (C=O) groups excluding carboxylic acids is 2. The van der Waals surface area contributed by atoms with Crippen LogP contribution in [0.2, 0.25) is 0 Å². The van der Waals surface area contributed by atoms with Gasteiger partial charge in [-0.25, -0.2) is 9.18 Å². The number of nitrogens with zero attached hydrogens (tertiary/aromatic N) is 2. The summed E-state index contributed by atoms with van der Waals surface area (Å²) in [7, 11) is 0. The molecule has 2 aromatic heterocycles. The van der Waals surface area contributed by atoms with Gasteiger partial charge in [-0.15, -0.1) is 0 Å². The van der Waals surface area contributed by atoms with Crippen molar-refractivity contribution in [2.75, 3.05) is 6.61 Å². The average molecular weight is 473 g/mol. The first-order valence-electron chi connectivity index (χ1n) is 11.8. The Balaban J connectivity index is 1.49. The molecule has 0 bridgehead atoms. The van der Waals surface area contributed by atoms with E-state index in [0.29, 0.717) is 30.5 Å². The smallest absolute Gasteiger partial charge is 0.339 e. The molecular formula is C29H29FN2O3. The lowest BCUT2D eigenvalue weighted by atomic mass is 10.0. The van der Waals surface area contributed by atoms with E-state index in [1.165, 1.54) is 12.1 Å². The number of hydrogen-bond acceptors (Lipinski definition) is 4. The summed E-state index contributed by atoms with van der Waals surface area (Å²) in [5, 5.41) is 0.721. The number of rotatable bonds is 8. The average Bonchev–Trinajstić information content (AvgIpc) is 3.14. The topological polar surface area (TPSA) is 61.2 Å². The fraction of sp³-hybridized carbons (Fsp3) is 0.276. The molecule has 0 atom stereocenters. The largest absolute Gasteiger partial charge is 0.454 e. The van der Waals surface area contributed by atoms with Crippen LogP contribution in [0, 0.1) is 26.6 Å². The number of esters is 1. The number of fused-ring (bicyclic) bond motifs is 1. The number of halogens is 1. The third-order valence-corrected chi connectivity index (χ3v) is 6.52. The van der Waals surface area contributed by atoms with E-state index in [2.05, 4.69) is 9.55 Å². The number of pyridine rings is 1. The summed E-state index contributed by atoms with van der Waals surface area (Å²) in [4.78, 5) is 30.7. The van der Waals surface area contributed by atoms with Gasteiger partial charge in [-0.2, -0.15) is 0 Å². The van der Waals surface area contributed by atoms with Gasteiger partial charge in [-0.1, -0.05) is 37.3 Å². The van der Waals surface area contributed by atoms with Crippen molar-refractivity contribution in [1.29, 1.82) is 0 Å². The van der Waals surface area contributed by atoms with E-state index < -0.39 is 5.97 Å². The summed E-state index contributed by atoms with van der Waals surface area (Å²) in [6.45, 7) is 8.02. The third kappa shape index (κ3) is 5.02. The minimum absolute atomic E-state index is 0.244. The number of ether oxygens (including phenoxy) is 1. The summed E-state index contributed by atoms with van der Waals surface area (Å²) in [5.74, 6) is -1.02. The first-order chi connectivity index (χ1) is 16.8. The Hall–Kier alpha value is -3.80. The molecule has 2 heterocycles. The zero-order valence-corrected chi connectivity index (χ0v) is 20.5. The zero-order valence-electron chi connectivity index (χ0n) is 20.5. The minimum Gasteiger partial charge on any atom is -0.454 e. The summed E-state index contributed by atoms with van der Waals surface area (Å²) in [5.41, 5.74) is 6.15. The van der Waals surface area contributed by atoms with Gasteiger partial charge in [-0.3, -0.25) is 9.78 Å². The maximum atomic E-state index is 13.2. The van der Waals surface area contributed by atoms with E-state index in [1.807, 2.05) is 58.0 Å². The highest BCUT2D eigenvalue weighted by molar-refractivity contribution is 6.06. The lowest BCUT2D eigenvalue weighted by Crippen LogP contribution is -2.17. The van der Waals surface area contributed by atoms with Crippen molar-refractivity contribution in [2.45, 2.75) is 47.1 Å². The van der Waals surface area contributed by atoms with Crippen molar-refractivity contribution in [1.82, 2.24) is 9.55 Å². The predicted molar refractivity (Wildman–Crippen MR) is 134 cm³/mol. The molecule has 4 aromatic rings. The number of Topliss-reactive ketones (excluding diaryl/α,β-unsaturated/α-hetero) is 1. The summed E-state index contributed by atoms with van der Waals surface area (Å²) in [6, 6.07) is 15.7. The van der Waals surface area contributed by atoms with Gasteiger partial charge in [0.05, 0.1) is 11.1 Å². The van der Waals surface area contributed by atoms with Crippen molar-refractivity contribution in [2.24, 2.45) is 0 Å². The van der Waals surface area contributed by atoms with Gasteiger partial charge in [0.25, 0.3) is 0 Å². The fourth-order valence-electron chi connectivity index (χ4n) is 4.57. The van der Waals surface area contributed by atoms with Gasteiger partial charge >= 0.3 is 5.97 Å². The molecule has 0 saturated heterocycles. The molecule has 4 rings (SSSR count). The Bertz CT molecular complexity index is 1400. The molecular weight excluding hydrogens is 443 g/mol. The molecule has 0 fully saturated rings. The number of aryl methyl sites for hydroxylation is 3. The van der Waals surface area contributed by atoms with Crippen molar-refractivity contribution in [3.8, 4) is 0 Å². The Labute approximate surface area is 204 Å². The van der Waals surface area contributed by atoms with Gasteiger partial charge in [-0.05, 0) is 69.0 Å². The van der Waals surface area contributed by atoms with Crippen LogP contribution < -0.4 is 0 Å². The molecule has 0 unspecified atom stereocenters. The highest BCUT2D eigenvalue weighted by Crippen LogP contribution is 2.25. The summed E-state index contributed by atoms with van der Waals surface area (Å²) >= 11 is 0. The van der Waals surface area contributed by atoms with Gasteiger partial charge in [0.15, 0.2) is 6.61 Å². The van der Waals surface area contributed by atoms with Crippen LogP contribution in [-0.4, -0.2) is 27.9 Å². The Morgan fingerprint density at radius 2 is 1.74 bits per heavy atom. The van der Waals surface area contributed by atoms with Crippen molar-refractivity contribution >= 4 is 22.7 Å². The Morgan fingerprint density at radius 1 is 1.03 bits per heavy atom. The number of hydrogen-bond donors (Lipinski definition) is 0. The lowest BCUT2D eigenvalue weighted by Gasteiger charge is -2.13. The second kappa shape index (κ2) is 10.2. The SMILES string of the molecule is CCc1nc2ccccc2c(C(=O)OCC(=O)c2cc(C)n(CCc3ccc(F)cc3)c2C)c1C. The number of carbonyl (C=O) groups is 2. The number of ketones is 1. The molecule has 35 heavy (non-hydrogen) atoms. The van der Waals surface area contributed by atoms with E-state index in [4.69, 9.17) is 4.74 Å². The van der Waals surface area contributed by atoms with Crippen LogP contribution in [0.25, 0.3) is 10.9 Å². The van der Waals surface area contributed by atoms with Crippen LogP contribution in [0.4, 0.5) is 4.39 Å². The van der Waals surface area contributed by atoms with Crippen LogP contribution in [0.15, 0.2) is 54.6 Å². The van der Waals surface area contributed by atoms with Crippen molar-refractivity contribution in [3.63, 3.8) is 0 Å². The van der Waals surface area contributed by atoms with E-state index in [1.54, 1.807) is 12.1 Å². The maximum Gasteiger partial charge on any atom is 0.339 e. The Kier molecular flexibility index (Phi) is 7.10. The van der Waals surface area contributed by atoms with Gasteiger partial charge in [0, 0.05) is 34.6 Å². The molecule has 0 N–H and O–H groups in total. The highest BCUT2D eigenvalue weighted by atomic mass is 19.1. The molecule has 0 aliphatic heterocycles. The quantitative estimate of drug-likeness (QED) is 0.235. The second-order valence-corrected chi connectivity index (χ2v) is 8.74. The second-order valence-electron chi connectivity index (χ2n) is 8.74. The van der Waals surface area contributed by atoms with Crippen LogP contribution >= 0.6 is 0 Å². The normalized spacial score (nSPS) is 11.1.